The van der Waals surface area contributed by atoms with Crippen LogP contribution in [0.2, 0.25) is 5.02 Å². The lowest BCUT2D eigenvalue weighted by atomic mass is 10.2. The van der Waals surface area contributed by atoms with Crippen LogP contribution in [0.4, 0.5) is 0 Å². The van der Waals surface area contributed by atoms with Gasteiger partial charge in [-0.15, -0.1) is 0 Å². The van der Waals surface area contributed by atoms with Gasteiger partial charge < -0.3 is 8.83 Å². The molecule has 2 aromatic heterocycles. The van der Waals surface area contributed by atoms with Crippen LogP contribution in [0.3, 0.4) is 0 Å². The van der Waals surface area contributed by atoms with E-state index >= 15 is 0 Å². The van der Waals surface area contributed by atoms with Gasteiger partial charge in [0.2, 0.25) is 5.78 Å². The van der Waals surface area contributed by atoms with Crippen molar-refractivity contribution >= 4 is 39.4 Å². The van der Waals surface area contributed by atoms with Gasteiger partial charge in [-0.05, 0) is 60.7 Å². The van der Waals surface area contributed by atoms with Crippen molar-refractivity contribution in [2.45, 2.75) is 0 Å². The highest BCUT2D eigenvalue weighted by Gasteiger charge is 2.11. The molecule has 0 radical (unpaired) electrons. The molecule has 0 amide bonds. The van der Waals surface area contributed by atoms with Gasteiger partial charge in [-0.3, -0.25) is 4.79 Å². The molecule has 2 aromatic carbocycles. The molecule has 28 heavy (non-hydrogen) atoms. The molecule has 0 aliphatic rings. The lowest BCUT2D eigenvalue weighted by Crippen LogP contribution is -1.90. The number of rotatable bonds is 5. The molecule has 0 spiro atoms. The van der Waals surface area contributed by atoms with E-state index in [0.717, 1.165) is 21.4 Å². The fourth-order valence-corrected chi connectivity index (χ4v) is 3.17. The molecule has 0 bridgehead atoms. The van der Waals surface area contributed by atoms with Gasteiger partial charge in [0.25, 0.3) is 0 Å². The van der Waals surface area contributed by atoms with Crippen LogP contribution in [-0.4, -0.2) is 5.78 Å². The second-order valence-corrected chi connectivity index (χ2v) is 7.43. The van der Waals surface area contributed by atoms with Crippen molar-refractivity contribution in [3.8, 4) is 22.6 Å². The van der Waals surface area contributed by atoms with Crippen molar-refractivity contribution in [1.82, 2.24) is 0 Å². The molecule has 0 aliphatic carbocycles. The lowest BCUT2D eigenvalue weighted by Gasteiger charge is -1.97. The van der Waals surface area contributed by atoms with Crippen molar-refractivity contribution in [2.24, 2.45) is 0 Å². The summed E-state index contributed by atoms with van der Waals surface area (Å²) >= 11 is 9.41. The fraction of sp³-hybridized carbons (Fsp3) is 0. The molecule has 2 heterocycles. The zero-order valence-corrected chi connectivity index (χ0v) is 16.9. The highest BCUT2D eigenvalue weighted by Crippen LogP contribution is 2.26. The maximum atomic E-state index is 12.4. The Hall–Kier alpha value is -2.82. The average molecular weight is 454 g/mol. The SMILES string of the molecule is O=C(/C=C\c1ccc(-c2ccc(Br)cc2)o1)c1ccc(-c2cccc(Cl)c2)o1. The molecule has 0 saturated carbocycles. The van der Waals surface area contributed by atoms with E-state index in [1.54, 1.807) is 30.3 Å². The van der Waals surface area contributed by atoms with E-state index in [9.17, 15) is 4.79 Å². The van der Waals surface area contributed by atoms with Crippen molar-refractivity contribution in [2.75, 3.05) is 0 Å². The average Bonchev–Trinajstić information content (AvgIpc) is 3.37. The van der Waals surface area contributed by atoms with Gasteiger partial charge in [0.05, 0.1) is 0 Å². The van der Waals surface area contributed by atoms with Crippen molar-refractivity contribution in [1.29, 1.82) is 0 Å². The molecule has 0 aliphatic heterocycles. The number of hydrogen-bond acceptors (Lipinski definition) is 3. The second-order valence-electron chi connectivity index (χ2n) is 6.08. The molecule has 138 valence electrons. The zero-order valence-electron chi connectivity index (χ0n) is 14.6. The number of carbonyl (C=O) groups is 1. The van der Waals surface area contributed by atoms with E-state index in [2.05, 4.69) is 15.9 Å². The fourth-order valence-electron chi connectivity index (χ4n) is 2.72. The summed E-state index contributed by atoms with van der Waals surface area (Å²) in [7, 11) is 0. The molecule has 5 heteroatoms. The second kappa shape index (κ2) is 8.05. The van der Waals surface area contributed by atoms with Gasteiger partial charge in [-0.2, -0.15) is 0 Å². The predicted octanol–water partition coefficient (Wildman–Crippen LogP) is 7.52. The summed E-state index contributed by atoms with van der Waals surface area (Å²) in [5, 5.41) is 0.612. The molecule has 0 atom stereocenters. The molecule has 0 fully saturated rings. The van der Waals surface area contributed by atoms with Crippen LogP contribution in [0, 0.1) is 0 Å². The largest absolute Gasteiger partial charge is 0.457 e. The number of ketones is 1. The summed E-state index contributed by atoms with van der Waals surface area (Å²) in [6.45, 7) is 0. The van der Waals surface area contributed by atoms with Gasteiger partial charge in [0, 0.05) is 20.6 Å². The van der Waals surface area contributed by atoms with Crippen LogP contribution in [0.1, 0.15) is 16.3 Å². The smallest absolute Gasteiger partial charge is 0.221 e. The minimum atomic E-state index is -0.241. The Labute approximate surface area is 175 Å². The number of allylic oxidation sites excluding steroid dienone is 1. The molecule has 4 rings (SSSR count). The molecule has 3 nitrogen and oxygen atoms in total. The van der Waals surface area contributed by atoms with Crippen LogP contribution < -0.4 is 0 Å². The molecule has 4 aromatic rings. The van der Waals surface area contributed by atoms with Crippen LogP contribution in [0.5, 0.6) is 0 Å². The third-order valence-electron chi connectivity index (χ3n) is 4.11. The zero-order chi connectivity index (χ0) is 19.5. The molecular formula is C23H14BrClO3. The van der Waals surface area contributed by atoms with Crippen molar-refractivity contribution < 1.29 is 13.6 Å². The van der Waals surface area contributed by atoms with E-state index in [1.807, 2.05) is 48.5 Å². The van der Waals surface area contributed by atoms with Gasteiger partial charge in [-0.1, -0.05) is 51.8 Å². The summed E-state index contributed by atoms with van der Waals surface area (Å²) in [5.74, 6) is 1.93. The number of hydrogen-bond donors (Lipinski definition) is 0. The summed E-state index contributed by atoms with van der Waals surface area (Å²) in [5.41, 5.74) is 1.78. The standard InChI is InChI=1S/C23H14BrClO3/c24-17-6-4-15(5-7-17)21-11-9-19(27-21)8-10-20(26)23-13-12-22(28-23)16-2-1-3-18(25)14-16/h1-14H/b10-8-. The maximum Gasteiger partial charge on any atom is 0.221 e. The Morgan fingerprint density at radius 1 is 0.857 bits per heavy atom. The lowest BCUT2D eigenvalue weighted by molar-refractivity contribution is 0.102. The minimum Gasteiger partial charge on any atom is -0.457 e. The number of benzene rings is 2. The summed E-state index contributed by atoms with van der Waals surface area (Å²) in [6, 6.07) is 22.2. The number of halogens is 2. The topological polar surface area (TPSA) is 43.4 Å². The Kier molecular flexibility index (Phi) is 5.33. The summed E-state index contributed by atoms with van der Waals surface area (Å²) < 4.78 is 12.5. The Bertz CT molecular complexity index is 1150. The van der Waals surface area contributed by atoms with Crippen LogP contribution in [-0.2, 0) is 0 Å². The van der Waals surface area contributed by atoms with Gasteiger partial charge in [0.1, 0.15) is 17.3 Å². The van der Waals surface area contributed by atoms with E-state index in [-0.39, 0.29) is 11.5 Å². The molecule has 0 unspecified atom stereocenters. The summed E-state index contributed by atoms with van der Waals surface area (Å²) in [6.07, 6.45) is 3.07. The van der Waals surface area contributed by atoms with Gasteiger partial charge in [-0.25, -0.2) is 0 Å². The highest BCUT2D eigenvalue weighted by molar-refractivity contribution is 9.10. The van der Waals surface area contributed by atoms with Crippen LogP contribution in [0.15, 0.2) is 92.2 Å². The third kappa shape index (κ3) is 4.19. The van der Waals surface area contributed by atoms with Crippen LogP contribution in [0.25, 0.3) is 28.7 Å². The Balaban J connectivity index is 1.48. The first kappa shape index (κ1) is 18.5. The monoisotopic (exact) mass is 452 g/mol. The molecule has 0 saturated heterocycles. The van der Waals surface area contributed by atoms with E-state index < -0.39 is 0 Å². The van der Waals surface area contributed by atoms with Gasteiger partial charge >= 0.3 is 0 Å². The number of furan rings is 2. The predicted molar refractivity (Wildman–Crippen MR) is 114 cm³/mol. The Morgan fingerprint density at radius 2 is 1.61 bits per heavy atom. The first-order valence-corrected chi connectivity index (χ1v) is 9.69. The highest BCUT2D eigenvalue weighted by atomic mass is 79.9. The van der Waals surface area contributed by atoms with Gasteiger partial charge in [0.15, 0.2) is 5.76 Å². The first-order valence-electron chi connectivity index (χ1n) is 8.52. The van der Waals surface area contributed by atoms with Crippen molar-refractivity contribution in [3.05, 3.63) is 99.9 Å². The quantitative estimate of drug-likeness (QED) is 0.232. The van der Waals surface area contributed by atoms with Crippen molar-refractivity contribution in [3.63, 3.8) is 0 Å². The Morgan fingerprint density at radius 3 is 2.39 bits per heavy atom. The van der Waals surface area contributed by atoms with Crippen LogP contribution >= 0.6 is 27.5 Å². The van der Waals surface area contributed by atoms with E-state index in [4.69, 9.17) is 20.4 Å². The first-order chi connectivity index (χ1) is 13.6. The third-order valence-corrected chi connectivity index (χ3v) is 4.88. The summed E-state index contributed by atoms with van der Waals surface area (Å²) in [4.78, 5) is 12.4. The van der Waals surface area contributed by atoms with E-state index in [0.29, 0.717) is 16.5 Å². The maximum absolute atomic E-state index is 12.4. The minimum absolute atomic E-state index is 0.241. The molecular weight excluding hydrogens is 440 g/mol. The molecule has 0 N–H and O–H groups in total. The normalized spacial score (nSPS) is 11.2. The number of carbonyl (C=O) groups excluding carboxylic acids is 1. The van der Waals surface area contributed by atoms with E-state index in [1.165, 1.54) is 6.08 Å².